The van der Waals surface area contributed by atoms with E-state index in [0.29, 0.717) is 5.92 Å². The lowest BCUT2D eigenvalue weighted by molar-refractivity contribution is 0.0918. The SMILES string of the molecule is O=C(N[C@@H]1CC2CCN(CC2)C1)c1ncc(F)c(Cl)n1. The summed E-state index contributed by atoms with van der Waals surface area (Å²) in [5.41, 5.74) is 0. The summed E-state index contributed by atoms with van der Waals surface area (Å²) in [5.74, 6) is -0.513. The van der Waals surface area contributed by atoms with Crippen molar-refractivity contribution in [2.75, 3.05) is 19.6 Å². The number of nitrogens with one attached hydrogen (secondary N) is 1. The number of amides is 1. The molecule has 3 fully saturated rings. The molecule has 0 saturated carbocycles. The fraction of sp³-hybridized carbons (Fsp3) is 0.615. The largest absolute Gasteiger partial charge is 0.345 e. The molecule has 2 bridgehead atoms. The highest BCUT2D eigenvalue weighted by Gasteiger charge is 2.30. The van der Waals surface area contributed by atoms with Crippen LogP contribution in [0, 0.1) is 11.7 Å². The smallest absolute Gasteiger partial charge is 0.289 e. The molecular weight excluding hydrogens is 283 g/mol. The summed E-state index contributed by atoms with van der Waals surface area (Å²) in [5, 5.41) is 2.61. The second-order valence-electron chi connectivity index (χ2n) is 5.48. The number of aromatic nitrogens is 2. The number of halogens is 2. The van der Waals surface area contributed by atoms with E-state index in [2.05, 4.69) is 20.2 Å². The van der Waals surface area contributed by atoms with Crippen LogP contribution < -0.4 is 5.32 Å². The Balaban J connectivity index is 1.67. The fourth-order valence-electron chi connectivity index (χ4n) is 3.00. The Hall–Kier alpha value is -1.27. The minimum Gasteiger partial charge on any atom is -0.345 e. The van der Waals surface area contributed by atoms with Gasteiger partial charge in [0.05, 0.1) is 6.20 Å². The monoisotopic (exact) mass is 298 g/mol. The van der Waals surface area contributed by atoms with Crippen molar-refractivity contribution in [1.29, 1.82) is 0 Å². The van der Waals surface area contributed by atoms with E-state index < -0.39 is 5.82 Å². The maximum atomic E-state index is 13.0. The summed E-state index contributed by atoms with van der Waals surface area (Å²) in [7, 11) is 0. The van der Waals surface area contributed by atoms with Crippen molar-refractivity contribution in [3.05, 3.63) is 23.0 Å². The quantitative estimate of drug-likeness (QED) is 0.840. The van der Waals surface area contributed by atoms with E-state index >= 15 is 0 Å². The lowest BCUT2D eigenvalue weighted by Gasteiger charge is -2.26. The molecule has 0 radical (unpaired) electrons. The predicted molar refractivity (Wildman–Crippen MR) is 72.0 cm³/mol. The van der Waals surface area contributed by atoms with Crippen molar-refractivity contribution < 1.29 is 9.18 Å². The van der Waals surface area contributed by atoms with Crippen molar-refractivity contribution >= 4 is 17.5 Å². The molecule has 1 N–H and O–H groups in total. The first kappa shape index (κ1) is 13.7. The van der Waals surface area contributed by atoms with Gasteiger partial charge >= 0.3 is 0 Å². The summed E-state index contributed by atoms with van der Waals surface area (Å²) >= 11 is 5.57. The van der Waals surface area contributed by atoms with Crippen molar-refractivity contribution in [1.82, 2.24) is 20.2 Å². The molecule has 108 valence electrons. The van der Waals surface area contributed by atoms with Gasteiger partial charge in [0.15, 0.2) is 11.0 Å². The molecule has 3 saturated heterocycles. The molecule has 4 heterocycles. The van der Waals surface area contributed by atoms with Crippen LogP contribution in [0.3, 0.4) is 0 Å². The topological polar surface area (TPSA) is 58.1 Å². The Labute approximate surface area is 121 Å². The summed E-state index contributed by atoms with van der Waals surface area (Å²) in [4.78, 5) is 21.8. The second kappa shape index (κ2) is 5.61. The minimum absolute atomic E-state index is 0.0806. The Bertz CT molecular complexity index is 505. The van der Waals surface area contributed by atoms with Crippen LogP contribution in [0.25, 0.3) is 0 Å². The van der Waals surface area contributed by atoms with Gasteiger partial charge in [-0.25, -0.2) is 14.4 Å². The lowest BCUT2D eigenvalue weighted by Crippen LogP contribution is -2.42. The Kier molecular flexibility index (Phi) is 3.85. The van der Waals surface area contributed by atoms with Crippen molar-refractivity contribution in [3.63, 3.8) is 0 Å². The van der Waals surface area contributed by atoms with Gasteiger partial charge in [-0.15, -0.1) is 0 Å². The predicted octanol–water partition coefficient (Wildman–Crippen LogP) is 1.48. The van der Waals surface area contributed by atoms with Crippen LogP contribution in [0.15, 0.2) is 6.20 Å². The minimum atomic E-state index is -0.721. The third-order valence-corrected chi connectivity index (χ3v) is 4.31. The van der Waals surface area contributed by atoms with E-state index in [1.54, 1.807) is 0 Å². The molecule has 1 atom stereocenters. The normalized spacial score (nSPS) is 29.0. The Morgan fingerprint density at radius 1 is 1.45 bits per heavy atom. The van der Waals surface area contributed by atoms with Gasteiger partial charge in [0, 0.05) is 12.6 Å². The van der Waals surface area contributed by atoms with Crippen LogP contribution >= 0.6 is 11.6 Å². The molecule has 0 spiro atoms. The third kappa shape index (κ3) is 2.91. The molecule has 20 heavy (non-hydrogen) atoms. The van der Waals surface area contributed by atoms with Crippen molar-refractivity contribution in [2.24, 2.45) is 5.92 Å². The van der Waals surface area contributed by atoms with Gasteiger partial charge in [0.25, 0.3) is 5.91 Å². The zero-order chi connectivity index (χ0) is 14.1. The standard InChI is InChI=1S/C13H16ClFN4O/c14-11-10(15)6-16-12(18-11)13(20)17-9-5-8-1-3-19(7-9)4-2-8/h6,8-9H,1-5,7H2,(H,17,20)/t9-/m1/s1. The van der Waals surface area contributed by atoms with E-state index in [4.69, 9.17) is 11.6 Å². The molecule has 3 aliphatic rings. The number of piperidine rings is 1. The first-order valence-corrected chi connectivity index (χ1v) is 7.21. The van der Waals surface area contributed by atoms with Crippen LogP contribution in [0.4, 0.5) is 4.39 Å². The van der Waals surface area contributed by atoms with Gasteiger partial charge in [-0.05, 0) is 38.3 Å². The molecule has 4 rings (SSSR count). The van der Waals surface area contributed by atoms with Gasteiger partial charge in [-0.1, -0.05) is 11.6 Å². The number of hydrogen-bond acceptors (Lipinski definition) is 4. The molecule has 7 heteroatoms. The maximum Gasteiger partial charge on any atom is 0.289 e. The molecule has 3 aliphatic heterocycles. The summed E-state index contributed by atoms with van der Waals surface area (Å²) < 4.78 is 13.0. The van der Waals surface area contributed by atoms with Crippen LogP contribution in [0.5, 0.6) is 0 Å². The van der Waals surface area contributed by atoms with Crippen LogP contribution in [0.2, 0.25) is 5.15 Å². The fourth-order valence-corrected chi connectivity index (χ4v) is 3.13. The maximum absolute atomic E-state index is 13.0. The van der Waals surface area contributed by atoms with Crippen LogP contribution in [-0.2, 0) is 0 Å². The number of fused-ring (bicyclic) bond motifs is 4. The first-order chi connectivity index (χ1) is 9.61. The van der Waals surface area contributed by atoms with Gasteiger partial charge in [-0.2, -0.15) is 0 Å². The van der Waals surface area contributed by atoms with Crippen molar-refractivity contribution in [3.8, 4) is 0 Å². The number of nitrogens with zero attached hydrogens (tertiary/aromatic N) is 3. The molecule has 1 aromatic rings. The zero-order valence-corrected chi connectivity index (χ0v) is 11.7. The van der Waals surface area contributed by atoms with E-state index in [-0.39, 0.29) is 22.9 Å². The number of hydrogen-bond donors (Lipinski definition) is 1. The number of carbonyl (C=O) groups is 1. The molecule has 0 unspecified atom stereocenters. The summed E-state index contributed by atoms with van der Waals surface area (Å²) in [6, 6.07) is 0.102. The average Bonchev–Trinajstić information content (AvgIpc) is 2.74. The summed E-state index contributed by atoms with van der Waals surface area (Å²) in [6.45, 7) is 3.07. The highest BCUT2D eigenvalue weighted by Crippen LogP contribution is 2.26. The number of rotatable bonds is 2. The molecule has 0 aromatic carbocycles. The van der Waals surface area contributed by atoms with Gasteiger partial charge in [0.1, 0.15) is 0 Å². The molecule has 0 aliphatic carbocycles. The van der Waals surface area contributed by atoms with E-state index in [1.165, 1.54) is 12.8 Å². The average molecular weight is 299 g/mol. The molecule has 5 nitrogen and oxygen atoms in total. The zero-order valence-electron chi connectivity index (χ0n) is 11.0. The van der Waals surface area contributed by atoms with Gasteiger partial charge in [0.2, 0.25) is 5.82 Å². The second-order valence-corrected chi connectivity index (χ2v) is 5.84. The molecule has 1 amide bonds. The van der Waals surface area contributed by atoms with E-state index in [0.717, 1.165) is 32.3 Å². The van der Waals surface area contributed by atoms with E-state index in [1.807, 2.05) is 0 Å². The lowest BCUT2D eigenvalue weighted by atomic mass is 9.94. The highest BCUT2D eigenvalue weighted by atomic mass is 35.5. The summed E-state index contributed by atoms with van der Waals surface area (Å²) in [6.07, 6.45) is 4.30. The molecular formula is C13H16ClFN4O. The number of carbonyl (C=O) groups excluding carboxylic acids is 1. The first-order valence-electron chi connectivity index (χ1n) is 6.83. The Morgan fingerprint density at radius 3 is 2.90 bits per heavy atom. The van der Waals surface area contributed by atoms with Gasteiger partial charge in [-0.3, -0.25) is 4.79 Å². The highest BCUT2D eigenvalue weighted by molar-refractivity contribution is 6.29. The van der Waals surface area contributed by atoms with Crippen molar-refractivity contribution in [2.45, 2.75) is 25.3 Å². The third-order valence-electron chi connectivity index (χ3n) is 4.04. The van der Waals surface area contributed by atoms with E-state index in [9.17, 15) is 9.18 Å². The van der Waals surface area contributed by atoms with Crippen LogP contribution in [-0.4, -0.2) is 46.5 Å². The molecule has 1 aromatic heterocycles. The Morgan fingerprint density at radius 2 is 2.20 bits per heavy atom. The van der Waals surface area contributed by atoms with Crippen LogP contribution in [0.1, 0.15) is 29.9 Å². The van der Waals surface area contributed by atoms with Gasteiger partial charge < -0.3 is 10.2 Å².